The summed E-state index contributed by atoms with van der Waals surface area (Å²) in [6, 6.07) is 15.4. The molecule has 4 aliphatic carbocycles. The molecule has 3 amide bonds. The van der Waals surface area contributed by atoms with Crippen LogP contribution in [0.2, 0.25) is 0 Å². The molecular formula is C51H52N8O6. The molecule has 6 aromatic rings. The molecule has 14 heteroatoms. The molecule has 0 saturated heterocycles. The van der Waals surface area contributed by atoms with Crippen LogP contribution in [0.5, 0.6) is 11.5 Å². The Morgan fingerprint density at radius 2 is 1.18 bits per heavy atom. The maximum absolute atomic E-state index is 13.9. The molecule has 332 valence electrons. The molecule has 2 aromatic carbocycles. The average Bonchev–Trinajstić information content (AvgIpc) is 3.86. The van der Waals surface area contributed by atoms with Crippen LogP contribution in [0, 0.1) is 0 Å². The van der Waals surface area contributed by atoms with Gasteiger partial charge >= 0.3 is 6.09 Å². The van der Waals surface area contributed by atoms with Crippen molar-refractivity contribution in [2.45, 2.75) is 114 Å². The lowest BCUT2D eigenvalue weighted by atomic mass is 9.69. The molecule has 4 aromatic heterocycles. The minimum atomic E-state index is -0.673. The van der Waals surface area contributed by atoms with E-state index in [-0.39, 0.29) is 17.4 Å². The lowest BCUT2D eigenvalue weighted by Gasteiger charge is -2.51. The molecule has 6 heterocycles. The number of aryl methyl sites for hydroxylation is 2. The van der Waals surface area contributed by atoms with Crippen LogP contribution >= 0.6 is 0 Å². The first-order valence-electron chi connectivity index (χ1n) is 22.7. The minimum absolute atomic E-state index is 0.0275. The number of amides is 3. The maximum atomic E-state index is 13.9. The number of carbonyl (C=O) groups excluding carboxylic acids is 3. The van der Waals surface area contributed by atoms with Crippen molar-refractivity contribution in [1.29, 1.82) is 0 Å². The zero-order chi connectivity index (χ0) is 44.8. The minimum Gasteiger partial charge on any atom is -0.497 e. The van der Waals surface area contributed by atoms with Crippen LogP contribution in [0.25, 0.3) is 45.6 Å². The Kier molecular flexibility index (Phi) is 9.53. The van der Waals surface area contributed by atoms with Gasteiger partial charge in [0.25, 0.3) is 11.8 Å². The Morgan fingerprint density at radius 3 is 1.65 bits per heavy atom. The number of nitrogens with one attached hydrogen (secondary N) is 3. The van der Waals surface area contributed by atoms with Crippen molar-refractivity contribution in [2.75, 3.05) is 14.2 Å². The van der Waals surface area contributed by atoms with Gasteiger partial charge in [0.15, 0.2) is 11.6 Å². The summed E-state index contributed by atoms with van der Waals surface area (Å²) in [4.78, 5) is 67.6. The van der Waals surface area contributed by atoms with E-state index in [1.165, 1.54) is 11.3 Å². The molecule has 3 N–H and O–H groups in total. The molecular weight excluding hydrogens is 821 g/mol. The molecule has 2 spiro atoms. The largest absolute Gasteiger partial charge is 0.497 e. The number of methoxy groups -OCH3 is 2. The first-order chi connectivity index (χ1) is 31.3. The van der Waals surface area contributed by atoms with Gasteiger partial charge in [0.1, 0.15) is 17.1 Å². The van der Waals surface area contributed by atoms with E-state index < -0.39 is 17.2 Å². The Balaban J connectivity index is 0.000000147. The fourth-order valence-electron chi connectivity index (χ4n) is 10.7. The summed E-state index contributed by atoms with van der Waals surface area (Å²) in [5, 5.41) is 3.29. The van der Waals surface area contributed by atoms with Gasteiger partial charge in [0, 0.05) is 53.3 Å². The molecule has 12 rings (SSSR count). The number of fused-ring (bicyclic) bond motifs is 10. The SMILES string of the molecule is COc1ccc(-c2ncc3c(n2)-c2[nH]c4c(c2CC3)C(=O)N(C(=O)OC(C)(C)C)C2(CCC2)C4)cc1.COc1ccc(-c2ncc3c(n2)-c2[nH]c4c(c2CC3)C(=O)NC2(CCC2)C4)cc1. The summed E-state index contributed by atoms with van der Waals surface area (Å²) >= 11 is 0. The predicted molar refractivity (Wildman–Crippen MR) is 243 cm³/mol. The van der Waals surface area contributed by atoms with E-state index in [4.69, 9.17) is 24.2 Å². The zero-order valence-corrected chi connectivity index (χ0v) is 37.4. The van der Waals surface area contributed by atoms with Gasteiger partial charge in [-0.25, -0.2) is 29.6 Å². The highest BCUT2D eigenvalue weighted by Gasteiger charge is 2.55. The highest BCUT2D eigenvalue weighted by Crippen LogP contribution is 2.49. The predicted octanol–water partition coefficient (Wildman–Crippen LogP) is 8.56. The van der Waals surface area contributed by atoms with E-state index in [0.29, 0.717) is 30.1 Å². The summed E-state index contributed by atoms with van der Waals surface area (Å²) in [6.07, 6.45) is 13.8. The van der Waals surface area contributed by atoms with Crippen LogP contribution < -0.4 is 14.8 Å². The second-order valence-electron chi connectivity index (χ2n) is 19.4. The molecule has 0 unspecified atom stereocenters. The van der Waals surface area contributed by atoms with Gasteiger partial charge in [0.2, 0.25) is 0 Å². The van der Waals surface area contributed by atoms with Gasteiger partial charge in [-0.1, -0.05) is 0 Å². The van der Waals surface area contributed by atoms with Crippen molar-refractivity contribution >= 4 is 17.9 Å². The maximum Gasteiger partial charge on any atom is 0.417 e. The monoisotopic (exact) mass is 872 g/mol. The highest BCUT2D eigenvalue weighted by atomic mass is 16.6. The fraction of sp³-hybridized carbons (Fsp3) is 0.392. The number of H-pyrrole nitrogens is 2. The summed E-state index contributed by atoms with van der Waals surface area (Å²) in [7, 11) is 3.29. The van der Waals surface area contributed by atoms with Crippen molar-refractivity contribution in [3.8, 4) is 57.1 Å². The van der Waals surface area contributed by atoms with Gasteiger partial charge in [-0.3, -0.25) is 9.59 Å². The van der Waals surface area contributed by atoms with E-state index in [9.17, 15) is 14.4 Å². The standard InChI is InChI=1S/C28H30N4O4.C23H22N4O2/c1-27(2,3)36-26(34)32-25(33)21-19-11-8-17-15-29-24(16-6-9-18(35-4)10-7-16)31-22(17)23(19)30-20(21)14-28(32)12-5-13-28;1-29-15-6-3-13(4-7-15)21-24-12-14-5-8-16-18-17(25-20(16)19(14)26-21)11-23(9-2-10-23)27-22(18)28/h6-7,9-10,15,30H,5,8,11-14H2,1-4H3;3-4,6-7,12,25H,2,5,8-11H2,1H3,(H,27,28). The topological polar surface area (TPSA) is 177 Å². The first kappa shape index (κ1) is 40.9. The summed E-state index contributed by atoms with van der Waals surface area (Å²) in [5.41, 5.74) is 11.9. The number of hydrogen-bond acceptors (Lipinski definition) is 10. The van der Waals surface area contributed by atoms with Gasteiger partial charge in [0.05, 0.1) is 53.7 Å². The average molecular weight is 873 g/mol. The Hall–Kier alpha value is -6.83. The smallest absolute Gasteiger partial charge is 0.417 e. The van der Waals surface area contributed by atoms with Crippen LogP contribution in [-0.4, -0.2) is 83.6 Å². The third kappa shape index (κ3) is 6.87. The third-order valence-electron chi connectivity index (χ3n) is 14.2. The molecule has 2 aliphatic heterocycles. The van der Waals surface area contributed by atoms with E-state index in [0.717, 1.165) is 142 Å². The fourth-order valence-corrected chi connectivity index (χ4v) is 10.7. The number of imide groups is 1. The second kappa shape index (κ2) is 15.1. The molecule has 0 bridgehead atoms. The van der Waals surface area contributed by atoms with Crippen molar-refractivity contribution in [3.05, 3.63) is 106 Å². The van der Waals surface area contributed by atoms with Crippen molar-refractivity contribution in [1.82, 2.24) is 40.1 Å². The number of nitrogens with zero attached hydrogens (tertiary/aromatic N) is 5. The molecule has 14 nitrogen and oxygen atoms in total. The zero-order valence-electron chi connectivity index (χ0n) is 37.4. The van der Waals surface area contributed by atoms with E-state index in [1.807, 2.05) is 81.7 Å². The summed E-state index contributed by atoms with van der Waals surface area (Å²) < 4.78 is 16.2. The van der Waals surface area contributed by atoms with Gasteiger partial charge < -0.3 is 29.5 Å². The lowest BCUT2D eigenvalue weighted by molar-refractivity contribution is -0.0214. The quantitative estimate of drug-likeness (QED) is 0.156. The number of benzene rings is 2. The van der Waals surface area contributed by atoms with Crippen molar-refractivity contribution in [3.63, 3.8) is 0 Å². The van der Waals surface area contributed by atoms with Crippen LogP contribution in [0.15, 0.2) is 60.9 Å². The van der Waals surface area contributed by atoms with E-state index >= 15 is 0 Å². The van der Waals surface area contributed by atoms with Gasteiger partial charge in [-0.05, 0) is 156 Å². The Bertz CT molecular complexity index is 2920. The summed E-state index contributed by atoms with van der Waals surface area (Å²) in [5.74, 6) is 2.71. The summed E-state index contributed by atoms with van der Waals surface area (Å²) in [6.45, 7) is 5.48. The van der Waals surface area contributed by atoms with Crippen LogP contribution in [0.3, 0.4) is 0 Å². The number of hydrogen-bond donors (Lipinski definition) is 3. The molecule has 65 heavy (non-hydrogen) atoms. The number of rotatable bonds is 4. The first-order valence-corrected chi connectivity index (χ1v) is 22.7. The molecule has 0 atom stereocenters. The van der Waals surface area contributed by atoms with E-state index in [2.05, 4.69) is 25.3 Å². The Labute approximate surface area is 377 Å². The second-order valence-corrected chi connectivity index (χ2v) is 19.4. The number of aromatic nitrogens is 6. The third-order valence-corrected chi connectivity index (χ3v) is 14.2. The van der Waals surface area contributed by atoms with Gasteiger partial charge in [-0.2, -0.15) is 0 Å². The van der Waals surface area contributed by atoms with Crippen molar-refractivity contribution < 1.29 is 28.6 Å². The Morgan fingerprint density at radius 1 is 0.677 bits per heavy atom. The van der Waals surface area contributed by atoms with Crippen LogP contribution in [-0.2, 0) is 43.3 Å². The molecule has 2 fully saturated rings. The van der Waals surface area contributed by atoms with Gasteiger partial charge in [-0.15, -0.1) is 0 Å². The number of ether oxygens (including phenoxy) is 3. The van der Waals surface area contributed by atoms with Crippen LogP contribution in [0.4, 0.5) is 4.79 Å². The van der Waals surface area contributed by atoms with Crippen LogP contribution in [0.1, 0.15) is 114 Å². The lowest BCUT2D eigenvalue weighted by Crippen LogP contribution is -2.63. The van der Waals surface area contributed by atoms with E-state index in [1.54, 1.807) is 14.2 Å². The highest BCUT2D eigenvalue weighted by molar-refractivity contribution is 6.08. The normalized spacial score (nSPS) is 18.0. The number of aromatic amines is 2. The molecule has 6 aliphatic rings. The molecule has 0 radical (unpaired) electrons. The molecule has 2 saturated carbocycles. The van der Waals surface area contributed by atoms with Crippen molar-refractivity contribution in [2.24, 2.45) is 0 Å². The number of carbonyl (C=O) groups is 3.